The van der Waals surface area contributed by atoms with Crippen LogP contribution in [0.4, 0.5) is 0 Å². The average molecular weight is 519 g/mol. The van der Waals surface area contributed by atoms with Gasteiger partial charge in [-0.15, -0.1) is 0 Å². The van der Waals surface area contributed by atoms with E-state index in [4.69, 9.17) is 16.3 Å². The van der Waals surface area contributed by atoms with Gasteiger partial charge in [-0.3, -0.25) is 9.69 Å². The third-order valence-electron chi connectivity index (χ3n) is 6.24. The molecule has 2 aromatic rings. The van der Waals surface area contributed by atoms with Gasteiger partial charge in [-0.1, -0.05) is 54.1 Å². The molecule has 0 aromatic heterocycles. The van der Waals surface area contributed by atoms with Crippen LogP contribution in [0.2, 0.25) is 5.02 Å². The van der Waals surface area contributed by atoms with Crippen molar-refractivity contribution in [1.82, 2.24) is 9.62 Å². The molecular formula is C27H35ClN2O4S. The number of nitrogens with zero attached hydrogens (tertiary/aromatic N) is 1. The quantitative estimate of drug-likeness (QED) is 0.230. The SMILES string of the molecule is COC(=O)CCC/C=C\[C@@H]1C[C@@H](NS(=O)(=O)c2ccc(Cl)cc2)CN1CCCCc1ccccc1. The number of halogens is 1. The summed E-state index contributed by atoms with van der Waals surface area (Å²) in [6, 6.07) is 16.7. The number of hydrogen-bond donors (Lipinski definition) is 1. The van der Waals surface area contributed by atoms with E-state index in [1.165, 1.54) is 24.8 Å². The minimum atomic E-state index is -3.62. The molecule has 8 heteroatoms. The Bertz CT molecular complexity index is 1060. The summed E-state index contributed by atoms with van der Waals surface area (Å²) in [5.74, 6) is -0.198. The highest BCUT2D eigenvalue weighted by Gasteiger charge is 2.32. The predicted molar refractivity (Wildman–Crippen MR) is 140 cm³/mol. The molecule has 1 heterocycles. The molecule has 0 amide bonds. The van der Waals surface area contributed by atoms with Crippen molar-refractivity contribution in [3.05, 3.63) is 77.3 Å². The predicted octanol–water partition coefficient (Wildman–Crippen LogP) is 4.98. The van der Waals surface area contributed by atoms with E-state index in [-0.39, 0.29) is 22.9 Å². The molecule has 35 heavy (non-hydrogen) atoms. The summed E-state index contributed by atoms with van der Waals surface area (Å²) in [5, 5.41) is 0.504. The van der Waals surface area contributed by atoms with Crippen LogP contribution < -0.4 is 4.72 Å². The summed E-state index contributed by atoms with van der Waals surface area (Å²) in [7, 11) is -2.22. The van der Waals surface area contributed by atoms with Gasteiger partial charge in [-0.25, -0.2) is 13.1 Å². The van der Waals surface area contributed by atoms with Gasteiger partial charge in [0.25, 0.3) is 0 Å². The molecule has 1 fully saturated rings. The van der Waals surface area contributed by atoms with Gasteiger partial charge in [0.05, 0.1) is 12.0 Å². The number of unbranched alkanes of at least 4 members (excludes halogenated alkanes) is 2. The number of carbonyl (C=O) groups is 1. The zero-order chi connectivity index (χ0) is 25.1. The Balaban J connectivity index is 1.57. The molecule has 6 nitrogen and oxygen atoms in total. The molecular weight excluding hydrogens is 484 g/mol. The van der Waals surface area contributed by atoms with Gasteiger partial charge in [-0.05, 0) is 74.9 Å². The van der Waals surface area contributed by atoms with Gasteiger partial charge in [0.2, 0.25) is 10.0 Å². The molecule has 1 N–H and O–H groups in total. The van der Waals surface area contributed by atoms with E-state index in [9.17, 15) is 13.2 Å². The Hall–Kier alpha value is -2.19. The van der Waals surface area contributed by atoms with Crippen molar-refractivity contribution in [3.8, 4) is 0 Å². The maximum atomic E-state index is 12.9. The standard InChI is InChI=1S/C27H35ClN2O4S/c1-34-27(31)14-7-3-6-13-25-20-24(29-35(32,33)26-17-15-23(28)16-18-26)21-30(25)19-9-8-12-22-10-4-2-5-11-22/h2,4-6,10-11,13,15-18,24-25,29H,3,7-9,12,14,19-21H2,1H3/b13-6-/t24-,25-/m1/s1. The van der Waals surface area contributed by atoms with E-state index < -0.39 is 10.0 Å². The molecule has 0 aliphatic carbocycles. The highest BCUT2D eigenvalue weighted by atomic mass is 35.5. The summed E-state index contributed by atoms with van der Waals surface area (Å²) < 4.78 is 33.4. The molecule has 3 rings (SSSR count). The van der Waals surface area contributed by atoms with E-state index in [2.05, 4.69) is 46.0 Å². The van der Waals surface area contributed by atoms with E-state index in [1.54, 1.807) is 12.1 Å². The third-order valence-corrected chi connectivity index (χ3v) is 8.03. The lowest BCUT2D eigenvalue weighted by Crippen LogP contribution is -2.37. The van der Waals surface area contributed by atoms with E-state index >= 15 is 0 Å². The number of allylic oxidation sites excluding steroid dienone is 1. The Morgan fingerprint density at radius 1 is 1.11 bits per heavy atom. The van der Waals surface area contributed by atoms with Crippen LogP contribution in [-0.4, -0.2) is 51.6 Å². The smallest absolute Gasteiger partial charge is 0.305 e. The third kappa shape index (κ3) is 9.08. The Morgan fingerprint density at radius 2 is 1.86 bits per heavy atom. The topological polar surface area (TPSA) is 75.7 Å². The van der Waals surface area contributed by atoms with Crippen molar-refractivity contribution in [2.45, 2.75) is 61.9 Å². The Labute approximate surface area is 214 Å². The first-order valence-electron chi connectivity index (χ1n) is 12.2. The fraction of sp³-hybridized carbons (Fsp3) is 0.444. The second kappa shape index (κ2) is 13.8. The number of hydrogen-bond acceptors (Lipinski definition) is 5. The summed E-state index contributed by atoms with van der Waals surface area (Å²) in [6.07, 6.45) is 10.0. The summed E-state index contributed by atoms with van der Waals surface area (Å²) >= 11 is 5.91. The van der Waals surface area contributed by atoms with Gasteiger partial charge in [0.1, 0.15) is 0 Å². The minimum absolute atomic E-state index is 0.155. The van der Waals surface area contributed by atoms with Crippen molar-refractivity contribution < 1.29 is 17.9 Å². The van der Waals surface area contributed by atoms with Crippen molar-refractivity contribution in [2.75, 3.05) is 20.2 Å². The number of benzene rings is 2. The maximum Gasteiger partial charge on any atom is 0.305 e. The molecule has 0 radical (unpaired) electrons. The first-order valence-corrected chi connectivity index (χ1v) is 14.0. The van der Waals surface area contributed by atoms with Crippen LogP contribution >= 0.6 is 11.6 Å². The highest BCUT2D eigenvalue weighted by molar-refractivity contribution is 7.89. The number of likely N-dealkylation sites (tertiary alicyclic amines) is 1. The van der Waals surface area contributed by atoms with E-state index in [0.717, 1.165) is 38.6 Å². The van der Waals surface area contributed by atoms with Crippen LogP contribution in [0.3, 0.4) is 0 Å². The second-order valence-electron chi connectivity index (χ2n) is 8.91. The highest BCUT2D eigenvalue weighted by Crippen LogP contribution is 2.23. The number of rotatable bonds is 13. The van der Waals surface area contributed by atoms with Gasteiger partial charge in [-0.2, -0.15) is 0 Å². The van der Waals surface area contributed by atoms with Crippen LogP contribution in [0.15, 0.2) is 71.6 Å². The Kier molecular flexibility index (Phi) is 10.8. The van der Waals surface area contributed by atoms with E-state index in [0.29, 0.717) is 24.4 Å². The van der Waals surface area contributed by atoms with Crippen molar-refractivity contribution in [3.63, 3.8) is 0 Å². The monoisotopic (exact) mass is 518 g/mol. The Morgan fingerprint density at radius 3 is 2.57 bits per heavy atom. The van der Waals surface area contributed by atoms with Gasteiger partial charge in [0.15, 0.2) is 0 Å². The fourth-order valence-electron chi connectivity index (χ4n) is 4.39. The van der Waals surface area contributed by atoms with Gasteiger partial charge in [0, 0.05) is 30.1 Å². The number of esters is 1. The number of sulfonamides is 1. The molecule has 2 aromatic carbocycles. The average Bonchev–Trinajstić information content (AvgIpc) is 3.22. The van der Waals surface area contributed by atoms with Crippen LogP contribution in [-0.2, 0) is 26.0 Å². The van der Waals surface area contributed by atoms with Crippen LogP contribution in [0.25, 0.3) is 0 Å². The van der Waals surface area contributed by atoms with Crippen molar-refractivity contribution in [2.24, 2.45) is 0 Å². The number of nitrogens with one attached hydrogen (secondary N) is 1. The largest absolute Gasteiger partial charge is 0.469 e. The lowest BCUT2D eigenvalue weighted by Gasteiger charge is -2.21. The molecule has 1 aliphatic heterocycles. The lowest BCUT2D eigenvalue weighted by molar-refractivity contribution is -0.140. The maximum absolute atomic E-state index is 12.9. The number of ether oxygens (including phenoxy) is 1. The number of aryl methyl sites for hydroxylation is 1. The second-order valence-corrected chi connectivity index (χ2v) is 11.1. The molecule has 2 atom stereocenters. The van der Waals surface area contributed by atoms with Gasteiger partial charge >= 0.3 is 5.97 Å². The summed E-state index contributed by atoms with van der Waals surface area (Å²) in [6.45, 7) is 1.57. The molecule has 1 saturated heterocycles. The zero-order valence-corrected chi connectivity index (χ0v) is 21.8. The zero-order valence-electron chi connectivity index (χ0n) is 20.2. The number of methoxy groups -OCH3 is 1. The fourth-order valence-corrected chi connectivity index (χ4v) is 5.75. The van der Waals surface area contributed by atoms with Crippen molar-refractivity contribution >= 4 is 27.6 Å². The lowest BCUT2D eigenvalue weighted by atomic mass is 10.1. The first-order chi connectivity index (χ1) is 16.9. The van der Waals surface area contributed by atoms with Crippen LogP contribution in [0.5, 0.6) is 0 Å². The van der Waals surface area contributed by atoms with Gasteiger partial charge < -0.3 is 4.74 Å². The molecule has 1 aliphatic rings. The van der Waals surface area contributed by atoms with Crippen LogP contribution in [0, 0.1) is 0 Å². The normalized spacial score (nSPS) is 18.8. The molecule has 190 valence electrons. The minimum Gasteiger partial charge on any atom is -0.469 e. The molecule has 0 unspecified atom stereocenters. The summed E-state index contributed by atoms with van der Waals surface area (Å²) in [4.78, 5) is 13.9. The van der Waals surface area contributed by atoms with Crippen LogP contribution in [0.1, 0.15) is 44.1 Å². The molecule has 0 bridgehead atoms. The molecule has 0 saturated carbocycles. The molecule has 0 spiro atoms. The van der Waals surface area contributed by atoms with Crippen molar-refractivity contribution in [1.29, 1.82) is 0 Å². The number of carbonyl (C=O) groups excluding carboxylic acids is 1. The van der Waals surface area contributed by atoms with E-state index in [1.807, 2.05) is 6.07 Å². The first kappa shape index (κ1) is 27.4. The summed E-state index contributed by atoms with van der Waals surface area (Å²) in [5.41, 5.74) is 1.34.